The predicted octanol–water partition coefficient (Wildman–Crippen LogP) is 7.48. The molecule has 0 saturated carbocycles. The van der Waals surface area contributed by atoms with Crippen molar-refractivity contribution in [2.45, 2.75) is 103 Å². The van der Waals surface area contributed by atoms with Crippen molar-refractivity contribution in [3.8, 4) is 0 Å². The van der Waals surface area contributed by atoms with Crippen molar-refractivity contribution in [2.24, 2.45) is 5.92 Å². The fourth-order valence-corrected chi connectivity index (χ4v) is 2.70. The first-order chi connectivity index (χ1) is 9.95. The van der Waals surface area contributed by atoms with E-state index in [0.717, 1.165) is 19.3 Å². The quantitative estimate of drug-likeness (QED) is 0.292. The molecule has 127 valence electrons. The molecular formula is C18H34F3. The monoisotopic (exact) mass is 307 g/mol. The van der Waals surface area contributed by atoms with Gasteiger partial charge in [0.25, 0.3) is 0 Å². The smallest absolute Gasteiger partial charge is 0.171 e. The average molecular weight is 307 g/mol. The van der Waals surface area contributed by atoms with Crippen LogP contribution in [0, 0.1) is 12.8 Å². The van der Waals surface area contributed by atoms with E-state index < -0.39 is 18.5 Å². The molecule has 1 unspecified atom stereocenters. The van der Waals surface area contributed by atoms with Crippen LogP contribution in [-0.4, -0.2) is 6.18 Å². The molecule has 0 aromatic heterocycles. The van der Waals surface area contributed by atoms with E-state index in [1.807, 2.05) is 0 Å². The summed E-state index contributed by atoms with van der Waals surface area (Å²) in [7, 11) is 0. The summed E-state index contributed by atoms with van der Waals surface area (Å²) in [5.74, 6) is -0.465. The Bertz CT molecular complexity index is 211. The zero-order valence-corrected chi connectivity index (χ0v) is 13.8. The number of hydrogen-bond donors (Lipinski definition) is 0. The highest BCUT2D eigenvalue weighted by Gasteiger charge is 2.29. The molecule has 0 saturated heterocycles. The Morgan fingerprint density at radius 2 is 1.10 bits per heavy atom. The Morgan fingerprint density at radius 3 is 1.48 bits per heavy atom. The topological polar surface area (TPSA) is 0 Å². The molecule has 0 rings (SSSR count). The SMILES string of the molecule is [CH2]C(CCCCCCCCCCCCCC)CC(F)(F)F. The number of rotatable bonds is 14. The van der Waals surface area contributed by atoms with Gasteiger partial charge < -0.3 is 0 Å². The highest BCUT2D eigenvalue weighted by Crippen LogP contribution is 2.27. The van der Waals surface area contributed by atoms with Gasteiger partial charge in [0.2, 0.25) is 0 Å². The van der Waals surface area contributed by atoms with Gasteiger partial charge in [0.15, 0.2) is 0 Å². The minimum Gasteiger partial charge on any atom is -0.171 e. The molecule has 0 aromatic rings. The fourth-order valence-electron chi connectivity index (χ4n) is 2.70. The maximum atomic E-state index is 12.1. The molecule has 0 heterocycles. The highest BCUT2D eigenvalue weighted by molar-refractivity contribution is 4.66. The first kappa shape index (κ1) is 20.8. The van der Waals surface area contributed by atoms with E-state index in [9.17, 15) is 13.2 Å². The molecule has 21 heavy (non-hydrogen) atoms. The summed E-state index contributed by atoms with van der Waals surface area (Å²) in [5.41, 5.74) is 0. The normalized spacial score (nSPS) is 13.6. The van der Waals surface area contributed by atoms with Crippen LogP contribution in [-0.2, 0) is 0 Å². The molecular weight excluding hydrogens is 273 g/mol. The van der Waals surface area contributed by atoms with E-state index in [0.29, 0.717) is 6.42 Å². The van der Waals surface area contributed by atoms with Crippen LogP contribution in [0.3, 0.4) is 0 Å². The molecule has 0 bridgehead atoms. The second kappa shape index (κ2) is 13.5. The van der Waals surface area contributed by atoms with Gasteiger partial charge in [0.1, 0.15) is 0 Å². The largest absolute Gasteiger partial charge is 0.389 e. The molecule has 0 aliphatic heterocycles. The van der Waals surface area contributed by atoms with Crippen LogP contribution in [0.4, 0.5) is 13.2 Å². The summed E-state index contributed by atoms with van der Waals surface area (Å²) in [6.07, 6.45) is 10.9. The minimum atomic E-state index is -4.05. The van der Waals surface area contributed by atoms with Gasteiger partial charge in [0, 0.05) is 6.42 Å². The standard InChI is InChI=1S/C18H34F3/c1-3-4-5-6-7-8-9-10-11-12-13-14-15-17(2)16-18(19,20)21/h17H,2-16H2,1H3. The molecule has 0 spiro atoms. The van der Waals surface area contributed by atoms with Crippen LogP contribution in [0.25, 0.3) is 0 Å². The maximum Gasteiger partial charge on any atom is 0.389 e. The Balaban J connectivity index is 3.15. The van der Waals surface area contributed by atoms with E-state index in [2.05, 4.69) is 13.8 Å². The third-order valence-electron chi connectivity index (χ3n) is 3.99. The number of hydrogen-bond acceptors (Lipinski definition) is 0. The summed E-state index contributed by atoms with van der Waals surface area (Å²) in [4.78, 5) is 0. The Kier molecular flexibility index (Phi) is 13.3. The third-order valence-corrected chi connectivity index (χ3v) is 3.99. The lowest BCUT2D eigenvalue weighted by molar-refractivity contribution is -0.141. The van der Waals surface area contributed by atoms with Crippen LogP contribution in [0.15, 0.2) is 0 Å². The Morgan fingerprint density at radius 1 is 0.714 bits per heavy atom. The van der Waals surface area contributed by atoms with E-state index in [1.54, 1.807) is 0 Å². The van der Waals surface area contributed by atoms with Crippen LogP contribution < -0.4 is 0 Å². The van der Waals surface area contributed by atoms with Gasteiger partial charge >= 0.3 is 6.18 Å². The second-order valence-electron chi connectivity index (χ2n) is 6.36. The number of unbranched alkanes of at least 4 members (excludes halogenated alkanes) is 11. The van der Waals surface area contributed by atoms with Gasteiger partial charge in [-0.15, -0.1) is 0 Å². The molecule has 1 atom stereocenters. The fraction of sp³-hybridized carbons (Fsp3) is 0.944. The Hall–Kier alpha value is -0.210. The van der Waals surface area contributed by atoms with Crippen molar-refractivity contribution in [2.75, 3.05) is 0 Å². The van der Waals surface area contributed by atoms with Crippen LogP contribution in [0.2, 0.25) is 0 Å². The summed E-state index contributed by atoms with van der Waals surface area (Å²) in [6.45, 7) is 5.83. The summed E-state index contributed by atoms with van der Waals surface area (Å²) in [6, 6.07) is 0. The van der Waals surface area contributed by atoms with E-state index in [1.165, 1.54) is 57.8 Å². The lowest BCUT2D eigenvalue weighted by Gasteiger charge is -2.13. The van der Waals surface area contributed by atoms with Gasteiger partial charge in [-0.3, -0.25) is 0 Å². The molecule has 0 fully saturated rings. The van der Waals surface area contributed by atoms with Crippen molar-refractivity contribution in [3.63, 3.8) is 0 Å². The van der Waals surface area contributed by atoms with Gasteiger partial charge in [0.05, 0.1) is 0 Å². The third kappa shape index (κ3) is 17.7. The predicted molar refractivity (Wildman–Crippen MR) is 85.2 cm³/mol. The average Bonchev–Trinajstić information content (AvgIpc) is 2.38. The first-order valence-electron chi connectivity index (χ1n) is 8.85. The second-order valence-corrected chi connectivity index (χ2v) is 6.36. The summed E-state index contributed by atoms with van der Waals surface area (Å²) >= 11 is 0. The van der Waals surface area contributed by atoms with Crippen molar-refractivity contribution in [3.05, 3.63) is 6.92 Å². The van der Waals surface area contributed by atoms with Crippen LogP contribution in [0.5, 0.6) is 0 Å². The van der Waals surface area contributed by atoms with Gasteiger partial charge in [-0.1, -0.05) is 90.4 Å². The summed E-state index contributed by atoms with van der Waals surface area (Å²) in [5, 5.41) is 0. The molecule has 0 nitrogen and oxygen atoms in total. The molecule has 0 amide bonds. The number of alkyl halides is 3. The van der Waals surface area contributed by atoms with Gasteiger partial charge in [-0.2, -0.15) is 13.2 Å². The van der Waals surface area contributed by atoms with E-state index >= 15 is 0 Å². The van der Waals surface area contributed by atoms with Gasteiger partial charge in [-0.05, 0) is 12.8 Å². The molecule has 0 aliphatic rings. The first-order valence-corrected chi connectivity index (χ1v) is 8.85. The molecule has 0 aromatic carbocycles. The summed E-state index contributed by atoms with van der Waals surface area (Å²) < 4.78 is 36.3. The van der Waals surface area contributed by atoms with Crippen molar-refractivity contribution in [1.82, 2.24) is 0 Å². The van der Waals surface area contributed by atoms with Crippen molar-refractivity contribution >= 4 is 0 Å². The lowest BCUT2D eigenvalue weighted by Crippen LogP contribution is -2.13. The molecule has 0 aliphatic carbocycles. The Labute approximate surface area is 129 Å². The number of halogens is 3. The highest BCUT2D eigenvalue weighted by atomic mass is 19.4. The zero-order chi connectivity index (χ0) is 16.0. The van der Waals surface area contributed by atoms with Crippen LogP contribution >= 0.6 is 0 Å². The van der Waals surface area contributed by atoms with E-state index in [4.69, 9.17) is 0 Å². The zero-order valence-electron chi connectivity index (χ0n) is 13.8. The lowest BCUT2D eigenvalue weighted by atomic mass is 9.98. The minimum absolute atomic E-state index is 0.465. The van der Waals surface area contributed by atoms with Crippen molar-refractivity contribution in [1.29, 1.82) is 0 Å². The molecule has 0 N–H and O–H groups in total. The molecule has 3 heteroatoms. The van der Waals surface area contributed by atoms with Crippen molar-refractivity contribution < 1.29 is 13.2 Å². The maximum absolute atomic E-state index is 12.1. The molecule has 1 radical (unpaired) electrons. The van der Waals surface area contributed by atoms with Gasteiger partial charge in [-0.25, -0.2) is 0 Å². The van der Waals surface area contributed by atoms with Crippen LogP contribution in [0.1, 0.15) is 96.8 Å². The van der Waals surface area contributed by atoms with E-state index in [-0.39, 0.29) is 0 Å².